The van der Waals surface area contributed by atoms with E-state index in [0.29, 0.717) is 11.5 Å². The van der Waals surface area contributed by atoms with Crippen molar-refractivity contribution in [2.24, 2.45) is 0 Å². The molecule has 1 aromatic heterocycles. The fourth-order valence-corrected chi connectivity index (χ4v) is 1.48. The number of nitrogen functional groups attached to an aromatic ring is 2. The van der Waals surface area contributed by atoms with Crippen LogP contribution in [-0.2, 0) is 0 Å². The fraction of sp³-hybridized carbons (Fsp3) is 0. The average molecular weight is 253 g/mol. The highest BCUT2D eigenvalue weighted by Crippen LogP contribution is 2.29. The van der Waals surface area contributed by atoms with Crippen LogP contribution in [0.2, 0.25) is 0 Å². The van der Waals surface area contributed by atoms with Crippen molar-refractivity contribution in [3.8, 4) is 11.1 Å². The summed E-state index contributed by atoms with van der Waals surface area (Å²) < 4.78 is 0.878. The fourth-order valence-electron chi connectivity index (χ4n) is 1.24. The zero-order chi connectivity index (χ0) is 10.1. The Labute approximate surface area is 89.4 Å². The van der Waals surface area contributed by atoms with Crippen LogP contribution in [0.25, 0.3) is 11.1 Å². The van der Waals surface area contributed by atoms with E-state index in [-0.39, 0.29) is 0 Å². The van der Waals surface area contributed by atoms with Crippen LogP contribution in [0.4, 0.5) is 11.5 Å². The van der Waals surface area contributed by atoms with E-state index >= 15 is 0 Å². The van der Waals surface area contributed by atoms with Gasteiger partial charge in [-0.25, -0.2) is 0 Å². The molecule has 1 heterocycles. The highest BCUT2D eigenvalue weighted by molar-refractivity contribution is 9.10. The number of nitrogens with zero attached hydrogens (tertiary/aromatic N) is 1. The first-order valence-corrected chi connectivity index (χ1v) is 4.82. The molecule has 0 saturated carbocycles. The van der Waals surface area contributed by atoms with Crippen LogP contribution in [0, 0.1) is 0 Å². The second-order valence-electron chi connectivity index (χ2n) is 2.93. The SMILES string of the molecule is Nc1cc(-c2cn[nH]c2N)ccc1Br. The zero-order valence-corrected chi connectivity index (χ0v) is 8.88. The standard InChI is InChI=1S/C9H9BrN4/c10-7-2-1-5(3-8(7)11)6-4-13-14-9(6)12/h1-4H,11H2,(H3,12,13,14). The van der Waals surface area contributed by atoms with Crippen molar-refractivity contribution in [3.63, 3.8) is 0 Å². The summed E-state index contributed by atoms with van der Waals surface area (Å²) in [4.78, 5) is 0. The predicted molar refractivity (Wildman–Crippen MR) is 60.5 cm³/mol. The van der Waals surface area contributed by atoms with E-state index in [1.54, 1.807) is 6.20 Å². The molecular formula is C9H9BrN4. The first-order chi connectivity index (χ1) is 6.68. The Kier molecular flexibility index (Phi) is 2.17. The summed E-state index contributed by atoms with van der Waals surface area (Å²) >= 11 is 3.33. The molecule has 14 heavy (non-hydrogen) atoms. The molecule has 1 aromatic carbocycles. The van der Waals surface area contributed by atoms with Gasteiger partial charge in [-0.2, -0.15) is 5.10 Å². The molecule has 2 aromatic rings. The molecule has 2 rings (SSSR count). The largest absolute Gasteiger partial charge is 0.398 e. The summed E-state index contributed by atoms with van der Waals surface area (Å²) in [5.41, 5.74) is 14.0. The Morgan fingerprint density at radius 3 is 2.64 bits per heavy atom. The van der Waals surface area contributed by atoms with Crippen molar-refractivity contribution in [3.05, 3.63) is 28.9 Å². The molecule has 72 valence electrons. The quantitative estimate of drug-likeness (QED) is 0.680. The van der Waals surface area contributed by atoms with Crippen LogP contribution in [0.15, 0.2) is 28.9 Å². The summed E-state index contributed by atoms with van der Waals surface area (Å²) in [5.74, 6) is 0.548. The Morgan fingerprint density at radius 2 is 2.07 bits per heavy atom. The van der Waals surface area contributed by atoms with Crippen LogP contribution in [0.1, 0.15) is 0 Å². The van der Waals surface area contributed by atoms with E-state index in [2.05, 4.69) is 26.1 Å². The molecule has 0 aliphatic heterocycles. The third-order valence-electron chi connectivity index (χ3n) is 1.98. The summed E-state index contributed by atoms with van der Waals surface area (Å²) in [6.07, 6.45) is 1.68. The van der Waals surface area contributed by atoms with Crippen molar-refractivity contribution < 1.29 is 0 Å². The number of nitrogens with one attached hydrogen (secondary N) is 1. The molecule has 4 nitrogen and oxygen atoms in total. The number of aromatic amines is 1. The Balaban J connectivity index is 2.53. The maximum atomic E-state index is 5.76. The summed E-state index contributed by atoms with van der Waals surface area (Å²) in [5, 5.41) is 6.52. The van der Waals surface area contributed by atoms with Crippen molar-refractivity contribution in [1.82, 2.24) is 10.2 Å². The van der Waals surface area contributed by atoms with E-state index in [0.717, 1.165) is 15.6 Å². The number of aromatic nitrogens is 2. The average Bonchev–Trinajstić information content (AvgIpc) is 2.57. The van der Waals surface area contributed by atoms with Crippen molar-refractivity contribution in [1.29, 1.82) is 0 Å². The van der Waals surface area contributed by atoms with Crippen molar-refractivity contribution in [2.75, 3.05) is 11.5 Å². The summed E-state index contributed by atoms with van der Waals surface area (Å²) in [7, 11) is 0. The Morgan fingerprint density at radius 1 is 1.29 bits per heavy atom. The molecule has 0 unspecified atom stereocenters. The van der Waals surface area contributed by atoms with Crippen LogP contribution >= 0.6 is 15.9 Å². The van der Waals surface area contributed by atoms with Crippen molar-refractivity contribution >= 4 is 27.4 Å². The normalized spacial score (nSPS) is 10.4. The smallest absolute Gasteiger partial charge is 0.126 e. The van der Waals surface area contributed by atoms with Gasteiger partial charge in [-0.15, -0.1) is 0 Å². The molecule has 0 fully saturated rings. The van der Waals surface area contributed by atoms with E-state index in [1.165, 1.54) is 0 Å². The number of benzene rings is 1. The molecular weight excluding hydrogens is 244 g/mol. The van der Waals surface area contributed by atoms with Gasteiger partial charge in [0.25, 0.3) is 0 Å². The van der Waals surface area contributed by atoms with Gasteiger partial charge >= 0.3 is 0 Å². The third kappa shape index (κ3) is 1.46. The molecule has 0 aliphatic carbocycles. The number of nitrogens with two attached hydrogens (primary N) is 2. The van der Waals surface area contributed by atoms with Crippen LogP contribution in [0.3, 0.4) is 0 Å². The highest BCUT2D eigenvalue weighted by Gasteiger charge is 2.05. The van der Waals surface area contributed by atoms with Gasteiger partial charge in [0, 0.05) is 15.7 Å². The second-order valence-corrected chi connectivity index (χ2v) is 3.79. The van der Waals surface area contributed by atoms with Gasteiger partial charge in [0.1, 0.15) is 5.82 Å². The predicted octanol–water partition coefficient (Wildman–Crippen LogP) is 2.00. The number of halogens is 1. The molecule has 5 heteroatoms. The minimum atomic E-state index is 0.548. The number of H-pyrrole nitrogens is 1. The van der Waals surface area contributed by atoms with E-state index < -0.39 is 0 Å². The lowest BCUT2D eigenvalue weighted by Crippen LogP contribution is -1.90. The monoisotopic (exact) mass is 252 g/mol. The summed E-state index contributed by atoms with van der Waals surface area (Å²) in [6.45, 7) is 0. The summed E-state index contributed by atoms with van der Waals surface area (Å²) in [6, 6.07) is 5.67. The third-order valence-corrected chi connectivity index (χ3v) is 2.70. The van der Waals surface area contributed by atoms with Gasteiger partial charge in [-0.05, 0) is 33.6 Å². The number of rotatable bonds is 1. The topological polar surface area (TPSA) is 80.7 Å². The first-order valence-electron chi connectivity index (χ1n) is 4.02. The highest BCUT2D eigenvalue weighted by atomic mass is 79.9. The maximum Gasteiger partial charge on any atom is 0.126 e. The molecule has 0 saturated heterocycles. The van der Waals surface area contributed by atoms with Gasteiger partial charge in [-0.1, -0.05) is 6.07 Å². The van der Waals surface area contributed by atoms with Gasteiger partial charge in [-0.3, -0.25) is 5.10 Å². The molecule has 0 amide bonds. The van der Waals surface area contributed by atoms with E-state index in [4.69, 9.17) is 11.5 Å². The van der Waals surface area contributed by atoms with Crippen LogP contribution in [0.5, 0.6) is 0 Å². The molecule has 0 radical (unpaired) electrons. The van der Waals surface area contributed by atoms with Gasteiger partial charge in [0.15, 0.2) is 0 Å². The molecule has 0 atom stereocenters. The van der Waals surface area contributed by atoms with Gasteiger partial charge < -0.3 is 11.5 Å². The second kappa shape index (κ2) is 3.34. The lowest BCUT2D eigenvalue weighted by Gasteiger charge is -2.02. The van der Waals surface area contributed by atoms with E-state index in [1.807, 2.05) is 18.2 Å². The lowest BCUT2D eigenvalue weighted by molar-refractivity contribution is 1.10. The molecule has 0 bridgehead atoms. The maximum absolute atomic E-state index is 5.76. The lowest BCUT2D eigenvalue weighted by atomic mass is 10.1. The van der Waals surface area contributed by atoms with Gasteiger partial charge in [0.2, 0.25) is 0 Å². The number of anilines is 2. The van der Waals surface area contributed by atoms with Gasteiger partial charge in [0.05, 0.1) is 6.20 Å². The Hall–Kier alpha value is -1.49. The minimum Gasteiger partial charge on any atom is -0.398 e. The Bertz CT molecular complexity index is 464. The molecule has 0 spiro atoms. The van der Waals surface area contributed by atoms with Crippen molar-refractivity contribution in [2.45, 2.75) is 0 Å². The van der Waals surface area contributed by atoms with Crippen LogP contribution < -0.4 is 11.5 Å². The van der Waals surface area contributed by atoms with Crippen LogP contribution in [-0.4, -0.2) is 10.2 Å². The molecule has 5 N–H and O–H groups in total. The zero-order valence-electron chi connectivity index (χ0n) is 7.29. The number of hydrogen-bond acceptors (Lipinski definition) is 3. The number of hydrogen-bond donors (Lipinski definition) is 3. The first kappa shape index (κ1) is 9.08. The minimum absolute atomic E-state index is 0.548. The van der Waals surface area contributed by atoms with E-state index in [9.17, 15) is 0 Å². The molecule has 0 aliphatic rings.